The van der Waals surface area contributed by atoms with Gasteiger partial charge in [-0.3, -0.25) is 0 Å². The Kier molecular flexibility index (Phi) is 16.5. The van der Waals surface area contributed by atoms with Gasteiger partial charge in [-0.25, -0.2) is 0 Å². The molecule has 1 nitrogen and oxygen atoms in total. The fourth-order valence-electron chi connectivity index (χ4n) is 5.50. The second-order valence-corrected chi connectivity index (χ2v) is 13.8. The topological polar surface area (TPSA) is 12.0 Å². The standard InChI is InChI=1S/C30H27N.2C8H10.C7H8/c1-23-6-8-25(9-7-23)10-11-26-12-14-27(15-13-26)16-17-28-18-20-29(21-19-28)31-30-5-3-4-24(2)22-30;2*1-7-4-3-5-8(2)6-7;1-7-5-3-2-4-6-7/h3-22,31H,1-2H3;2*3-6H,1-2H3;2-6H,1H3/b11-10+,17-16+;;;. The molecule has 0 radical (unpaired) electrons. The zero-order valence-electron chi connectivity index (χ0n) is 33.1. The van der Waals surface area contributed by atoms with Crippen molar-refractivity contribution in [2.24, 2.45) is 0 Å². The summed E-state index contributed by atoms with van der Waals surface area (Å²) in [6, 6.07) is 61.2. The van der Waals surface area contributed by atoms with Crippen LogP contribution in [0.25, 0.3) is 24.3 Å². The van der Waals surface area contributed by atoms with Gasteiger partial charge >= 0.3 is 0 Å². The predicted octanol–water partition coefficient (Wildman–Crippen LogP) is 15.0. The summed E-state index contributed by atoms with van der Waals surface area (Å²) in [5.41, 5.74) is 16.2. The first-order chi connectivity index (χ1) is 26.1. The number of hydrogen-bond donors (Lipinski definition) is 1. The van der Waals surface area contributed by atoms with Crippen molar-refractivity contribution in [3.8, 4) is 0 Å². The maximum atomic E-state index is 3.45. The highest BCUT2D eigenvalue weighted by Gasteiger charge is 1.96. The van der Waals surface area contributed by atoms with E-state index in [0.29, 0.717) is 0 Å². The fraction of sp³-hybridized carbons (Fsp3) is 0.132. The molecule has 1 heteroatoms. The average Bonchev–Trinajstić information content (AvgIpc) is 3.16. The zero-order chi connectivity index (χ0) is 38.5. The van der Waals surface area contributed by atoms with Crippen molar-refractivity contribution in [3.05, 3.63) is 237 Å². The lowest BCUT2D eigenvalue weighted by atomic mass is 10.1. The van der Waals surface area contributed by atoms with E-state index in [2.05, 4.69) is 236 Å². The maximum absolute atomic E-state index is 3.45. The molecule has 0 amide bonds. The first kappa shape index (κ1) is 40.6. The van der Waals surface area contributed by atoms with Gasteiger partial charge < -0.3 is 5.32 Å². The molecule has 0 aliphatic heterocycles. The fourth-order valence-corrected chi connectivity index (χ4v) is 5.50. The number of anilines is 2. The molecular formula is C53H55N. The van der Waals surface area contributed by atoms with Crippen LogP contribution in [0.15, 0.2) is 176 Å². The Morgan fingerprint density at radius 2 is 0.574 bits per heavy atom. The molecule has 0 spiro atoms. The molecule has 7 aromatic carbocycles. The van der Waals surface area contributed by atoms with Crippen molar-refractivity contribution in [1.82, 2.24) is 0 Å². The van der Waals surface area contributed by atoms with E-state index in [1.54, 1.807) is 0 Å². The minimum atomic E-state index is 1.09. The maximum Gasteiger partial charge on any atom is 0.0386 e. The van der Waals surface area contributed by atoms with Crippen LogP contribution in [-0.2, 0) is 0 Å². The Morgan fingerprint density at radius 3 is 0.907 bits per heavy atom. The molecule has 0 atom stereocenters. The Hall–Kier alpha value is -6.18. The molecule has 0 aliphatic rings. The highest BCUT2D eigenvalue weighted by Crippen LogP contribution is 2.19. The molecule has 1 N–H and O–H groups in total. The first-order valence-corrected chi connectivity index (χ1v) is 18.7. The van der Waals surface area contributed by atoms with Crippen LogP contribution in [0.3, 0.4) is 0 Å². The normalized spacial score (nSPS) is 10.4. The Morgan fingerprint density at radius 1 is 0.259 bits per heavy atom. The quantitative estimate of drug-likeness (QED) is 0.170. The lowest BCUT2D eigenvalue weighted by molar-refractivity contribution is 1.39. The Balaban J connectivity index is 0.000000225. The van der Waals surface area contributed by atoms with Crippen molar-refractivity contribution in [2.45, 2.75) is 48.5 Å². The van der Waals surface area contributed by atoms with E-state index >= 15 is 0 Å². The number of rotatable bonds is 6. The number of hydrogen-bond acceptors (Lipinski definition) is 1. The van der Waals surface area contributed by atoms with E-state index in [4.69, 9.17) is 0 Å². The molecule has 0 saturated heterocycles. The lowest BCUT2D eigenvalue weighted by Crippen LogP contribution is -1.90. The van der Waals surface area contributed by atoms with Crippen molar-refractivity contribution < 1.29 is 0 Å². The van der Waals surface area contributed by atoms with Crippen LogP contribution < -0.4 is 5.32 Å². The van der Waals surface area contributed by atoms with Gasteiger partial charge in [0.2, 0.25) is 0 Å². The van der Waals surface area contributed by atoms with E-state index in [0.717, 1.165) is 11.4 Å². The number of aryl methyl sites for hydroxylation is 7. The monoisotopic (exact) mass is 705 g/mol. The van der Waals surface area contributed by atoms with Crippen molar-refractivity contribution in [2.75, 3.05) is 5.32 Å². The van der Waals surface area contributed by atoms with E-state index in [9.17, 15) is 0 Å². The molecule has 0 unspecified atom stereocenters. The minimum absolute atomic E-state index is 1.09. The van der Waals surface area contributed by atoms with Gasteiger partial charge in [-0.2, -0.15) is 0 Å². The lowest BCUT2D eigenvalue weighted by Gasteiger charge is -2.07. The van der Waals surface area contributed by atoms with Gasteiger partial charge in [0.05, 0.1) is 0 Å². The van der Waals surface area contributed by atoms with Gasteiger partial charge in [-0.15, -0.1) is 0 Å². The van der Waals surface area contributed by atoms with E-state index in [1.165, 1.54) is 61.2 Å². The second-order valence-electron chi connectivity index (χ2n) is 13.8. The summed E-state index contributed by atoms with van der Waals surface area (Å²) in [6.07, 6.45) is 8.60. The van der Waals surface area contributed by atoms with Crippen LogP contribution in [0, 0.1) is 48.5 Å². The summed E-state index contributed by atoms with van der Waals surface area (Å²) in [5, 5.41) is 3.45. The van der Waals surface area contributed by atoms with Crippen LogP contribution in [-0.4, -0.2) is 0 Å². The van der Waals surface area contributed by atoms with Crippen LogP contribution in [0.2, 0.25) is 0 Å². The van der Waals surface area contributed by atoms with Crippen LogP contribution in [0.5, 0.6) is 0 Å². The summed E-state index contributed by atoms with van der Waals surface area (Å²) >= 11 is 0. The van der Waals surface area contributed by atoms with E-state index in [1.807, 2.05) is 18.2 Å². The molecule has 0 saturated carbocycles. The highest BCUT2D eigenvalue weighted by atomic mass is 14.9. The van der Waals surface area contributed by atoms with Gasteiger partial charge in [0.1, 0.15) is 0 Å². The van der Waals surface area contributed by atoms with Gasteiger partial charge in [0.25, 0.3) is 0 Å². The summed E-state index contributed by atoms with van der Waals surface area (Å²) in [4.78, 5) is 0. The summed E-state index contributed by atoms with van der Waals surface area (Å²) in [6.45, 7) is 14.7. The smallest absolute Gasteiger partial charge is 0.0386 e. The van der Waals surface area contributed by atoms with Gasteiger partial charge in [-0.1, -0.05) is 209 Å². The third-order valence-corrected chi connectivity index (χ3v) is 8.46. The van der Waals surface area contributed by atoms with E-state index in [-0.39, 0.29) is 0 Å². The Bertz CT molecular complexity index is 2090. The minimum Gasteiger partial charge on any atom is -0.356 e. The van der Waals surface area contributed by atoms with Crippen LogP contribution in [0.4, 0.5) is 11.4 Å². The van der Waals surface area contributed by atoms with Crippen molar-refractivity contribution >= 4 is 35.7 Å². The molecule has 54 heavy (non-hydrogen) atoms. The summed E-state index contributed by atoms with van der Waals surface area (Å²) < 4.78 is 0. The second kappa shape index (κ2) is 22.0. The van der Waals surface area contributed by atoms with Gasteiger partial charge in [0, 0.05) is 11.4 Å². The van der Waals surface area contributed by atoms with Gasteiger partial charge in [-0.05, 0) is 101 Å². The van der Waals surface area contributed by atoms with Crippen LogP contribution >= 0.6 is 0 Å². The molecule has 7 aromatic rings. The predicted molar refractivity (Wildman–Crippen MR) is 239 cm³/mol. The number of nitrogens with one attached hydrogen (secondary N) is 1. The molecule has 0 aromatic heterocycles. The van der Waals surface area contributed by atoms with Gasteiger partial charge in [0.15, 0.2) is 0 Å². The summed E-state index contributed by atoms with van der Waals surface area (Å²) in [7, 11) is 0. The molecular weight excluding hydrogens is 651 g/mol. The largest absolute Gasteiger partial charge is 0.356 e. The first-order valence-electron chi connectivity index (χ1n) is 18.7. The molecule has 0 heterocycles. The Labute approximate surface area is 325 Å². The molecule has 272 valence electrons. The highest BCUT2D eigenvalue weighted by molar-refractivity contribution is 5.74. The van der Waals surface area contributed by atoms with E-state index < -0.39 is 0 Å². The molecule has 0 bridgehead atoms. The zero-order valence-corrected chi connectivity index (χ0v) is 33.1. The summed E-state index contributed by atoms with van der Waals surface area (Å²) in [5.74, 6) is 0. The third kappa shape index (κ3) is 16.0. The van der Waals surface area contributed by atoms with Crippen LogP contribution in [0.1, 0.15) is 61.2 Å². The molecule has 0 aliphatic carbocycles. The average molecular weight is 706 g/mol. The SMILES string of the molecule is Cc1ccc(/C=C/c2ccc(/C=C/c3ccc(Nc4cccc(C)c4)cc3)cc2)cc1.Cc1cccc(C)c1.Cc1cccc(C)c1.Cc1ccccc1. The molecule has 0 fully saturated rings. The van der Waals surface area contributed by atoms with Crippen molar-refractivity contribution in [1.29, 1.82) is 0 Å². The van der Waals surface area contributed by atoms with Crippen molar-refractivity contribution in [3.63, 3.8) is 0 Å². The molecule has 7 rings (SSSR count). The third-order valence-electron chi connectivity index (χ3n) is 8.46. The number of benzene rings is 7.